The van der Waals surface area contributed by atoms with Crippen LogP contribution in [0.15, 0.2) is 22.7 Å². The first kappa shape index (κ1) is 11.5. The second-order valence-corrected chi connectivity index (χ2v) is 3.94. The van der Waals surface area contributed by atoms with Gasteiger partial charge in [-0.1, -0.05) is 6.07 Å². The zero-order valence-corrected chi connectivity index (χ0v) is 9.49. The second-order valence-electron chi connectivity index (χ2n) is 3.08. The molecule has 1 rings (SSSR count). The summed E-state index contributed by atoms with van der Waals surface area (Å²) in [7, 11) is 0. The smallest absolute Gasteiger partial charge is 0.133 e. The van der Waals surface area contributed by atoms with Gasteiger partial charge in [-0.05, 0) is 40.5 Å². The minimum atomic E-state index is -0.830. The molecule has 0 aliphatic rings. The Kier molecular flexibility index (Phi) is 4.38. The Morgan fingerprint density at radius 3 is 2.79 bits per heavy atom. The second kappa shape index (κ2) is 5.34. The van der Waals surface area contributed by atoms with E-state index in [1.807, 2.05) is 25.1 Å². The molecule has 0 fully saturated rings. The van der Waals surface area contributed by atoms with Gasteiger partial charge in [0.15, 0.2) is 0 Å². The van der Waals surface area contributed by atoms with Crippen LogP contribution < -0.4 is 4.74 Å². The van der Waals surface area contributed by atoms with Gasteiger partial charge in [0.05, 0.1) is 11.1 Å². The molecule has 0 aromatic heterocycles. The maximum Gasteiger partial charge on any atom is 0.133 e. The predicted octanol–water partition coefficient (Wildman–Crippen LogP) is 1.49. The predicted molar refractivity (Wildman–Crippen MR) is 57.5 cm³/mol. The summed E-state index contributed by atoms with van der Waals surface area (Å²) in [6, 6.07) is 5.68. The number of aryl methyl sites for hydroxylation is 1. The van der Waals surface area contributed by atoms with Gasteiger partial charge in [0.2, 0.25) is 0 Å². The van der Waals surface area contributed by atoms with Gasteiger partial charge >= 0.3 is 0 Å². The van der Waals surface area contributed by atoms with Gasteiger partial charge in [-0.25, -0.2) is 0 Å². The van der Waals surface area contributed by atoms with Gasteiger partial charge in [-0.2, -0.15) is 0 Å². The largest absolute Gasteiger partial charge is 0.490 e. The quantitative estimate of drug-likeness (QED) is 0.863. The van der Waals surface area contributed by atoms with Crippen LogP contribution in [0.25, 0.3) is 0 Å². The van der Waals surface area contributed by atoms with Gasteiger partial charge in [-0.15, -0.1) is 0 Å². The van der Waals surface area contributed by atoms with E-state index in [0.717, 1.165) is 10.0 Å². The minimum Gasteiger partial charge on any atom is -0.490 e. The van der Waals surface area contributed by atoms with Crippen LogP contribution in [0.4, 0.5) is 0 Å². The van der Waals surface area contributed by atoms with Crippen molar-refractivity contribution in [1.82, 2.24) is 0 Å². The Bertz CT molecular complexity index is 301. The highest BCUT2D eigenvalue weighted by Crippen LogP contribution is 2.25. The maximum atomic E-state index is 9.07. The van der Waals surface area contributed by atoms with E-state index < -0.39 is 6.10 Å². The fourth-order valence-electron chi connectivity index (χ4n) is 0.962. The van der Waals surface area contributed by atoms with Gasteiger partial charge in [0.1, 0.15) is 18.5 Å². The normalized spacial score (nSPS) is 12.6. The van der Waals surface area contributed by atoms with Crippen molar-refractivity contribution in [2.24, 2.45) is 0 Å². The Morgan fingerprint density at radius 2 is 2.21 bits per heavy atom. The van der Waals surface area contributed by atoms with Crippen molar-refractivity contribution in [2.75, 3.05) is 13.2 Å². The number of hydrogen-bond donors (Lipinski definition) is 2. The van der Waals surface area contributed by atoms with Gasteiger partial charge in [0.25, 0.3) is 0 Å². The van der Waals surface area contributed by atoms with Crippen LogP contribution in [-0.4, -0.2) is 29.5 Å². The lowest BCUT2D eigenvalue weighted by atomic mass is 10.2. The zero-order chi connectivity index (χ0) is 10.6. The number of hydrogen-bond acceptors (Lipinski definition) is 3. The number of halogens is 1. The van der Waals surface area contributed by atoms with Crippen LogP contribution in [-0.2, 0) is 0 Å². The zero-order valence-electron chi connectivity index (χ0n) is 7.90. The molecule has 0 bridgehead atoms. The van der Waals surface area contributed by atoms with Crippen LogP contribution in [0.3, 0.4) is 0 Å². The SMILES string of the molecule is Cc1ccc(OCC(O)CO)c(Br)c1. The van der Waals surface area contributed by atoms with E-state index in [0.29, 0.717) is 5.75 Å². The molecule has 0 aliphatic carbocycles. The van der Waals surface area contributed by atoms with Crippen molar-refractivity contribution >= 4 is 15.9 Å². The number of aliphatic hydroxyl groups excluding tert-OH is 2. The van der Waals surface area contributed by atoms with Gasteiger partial charge in [-0.3, -0.25) is 0 Å². The Morgan fingerprint density at radius 1 is 1.50 bits per heavy atom. The summed E-state index contributed by atoms with van der Waals surface area (Å²) in [4.78, 5) is 0. The molecule has 2 N–H and O–H groups in total. The molecule has 0 radical (unpaired) electrons. The number of benzene rings is 1. The van der Waals surface area contributed by atoms with E-state index >= 15 is 0 Å². The van der Waals surface area contributed by atoms with Crippen molar-refractivity contribution in [3.63, 3.8) is 0 Å². The van der Waals surface area contributed by atoms with Crippen LogP contribution >= 0.6 is 15.9 Å². The molecule has 0 saturated heterocycles. The minimum absolute atomic E-state index is 0.0954. The molecule has 14 heavy (non-hydrogen) atoms. The number of aliphatic hydroxyl groups is 2. The number of rotatable bonds is 4. The molecule has 0 saturated carbocycles. The summed E-state index contributed by atoms with van der Waals surface area (Å²) in [5.41, 5.74) is 1.13. The summed E-state index contributed by atoms with van der Waals surface area (Å²) >= 11 is 3.35. The Hall–Kier alpha value is -0.580. The van der Waals surface area contributed by atoms with Gasteiger partial charge < -0.3 is 14.9 Å². The van der Waals surface area contributed by atoms with E-state index in [-0.39, 0.29) is 13.2 Å². The third kappa shape index (κ3) is 3.29. The van der Waals surface area contributed by atoms with Crippen LogP contribution in [0.5, 0.6) is 5.75 Å². The third-order valence-electron chi connectivity index (χ3n) is 1.73. The first-order valence-corrected chi connectivity index (χ1v) is 5.10. The van der Waals surface area contributed by atoms with Crippen molar-refractivity contribution in [2.45, 2.75) is 13.0 Å². The molecule has 0 amide bonds. The molecule has 1 atom stereocenters. The van der Waals surface area contributed by atoms with E-state index in [1.54, 1.807) is 0 Å². The number of ether oxygens (including phenoxy) is 1. The summed E-state index contributed by atoms with van der Waals surface area (Å²) in [6.45, 7) is 1.79. The molecule has 0 aliphatic heterocycles. The Labute approximate surface area is 91.5 Å². The van der Waals surface area contributed by atoms with E-state index in [9.17, 15) is 0 Å². The first-order valence-electron chi connectivity index (χ1n) is 4.31. The van der Waals surface area contributed by atoms with E-state index in [2.05, 4.69) is 15.9 Å². The highest BCUT2D eigenvalue weighted by molar-refractivity contribution is 9.10. The van der Waals surface area contributed by atoms with Crippen molar-refractivity contribution in [3.05, 3.63) is 28.2 Å². The molecular weight excluding hydrogens is 248 g/mol. The molecule has 4 heteroatoms. The fourth-order valence-corrected chi connectivity index (χ4v) is 1.57. The average molecular weight is 261 g/mol. The molecule has 1 aromatic carbocycles. The molecule has 3 nitrogen and oxygen atoms in total. The lowest BCUT2D eigenvalue weighted by Gasteiger charge is -2.11. The summed E-state index contributed by atoms with van der Waals surface area (Å²) in [5.74, 6) is 0.670. The topological polar surface area (TPSA) is 49.7 Å². The first-order chi connectivity index (χ1) is 6.63. The summed E-state index contributed by atoms with van der Waals surface area (Å²) in [5, 5.41) is 17.7. The van der Waals surface area contributed by atoms with E-state index in [4.69, 9.17) is 14.9 Å². The van der Waals surface area contributed by atoms with Crippen molar-refractivity contribution in [1.29, 1.82) is 0 Å². The third-order valence-corrected chi connectivity index (χ3v) is 2.35. The Balaban J connectivity index is 2.59. The molecule has 78 valence electrons. The van der Waals surface area contributed by atoms with Crippen molar-refractivity contribution in [3.8, 4) is 5.75 Å². The monoisotopic (exact) mass is 260 g/mol. The molecule has 1 aromatic rings. The highest BCUT2D eigenvalue weighted by Gasteiger charge is 2.05. The average Bonchev–Trinajstić information content (AvgIpc) is 2.16. The lowest BCUT2D eigenvalue weighted by Crippen LogP contribution is -2.21. The maximum absolute atomic E-state index is 9.07. The summed E-state index contributed by atoms with van der Waals surface area (Å²) in [6.07, 6.45) is -0.830. The fraction of sp³-hybridized carbons (Fsp3) is 0.400. The highest BCUT2D eigenvalue weighted by atomic mass is 79.9. The molecular formula is C10H13BrO3. The van der Waals surface area contributed by atoms with Crippen LogP contribution in [0.1, 0.15) is 5.56 Å². The van der Waals surface area contributed by atoms with Crippen molar-refractivity contribution < 1.29 is 14.9 Å². The molecule has 0 heterocycles. The van der Waals surface area contributed by atoms with E-state index in [1.165, 1.54) is 0 Å². The van der Waals surface area contributed by atoms with Crippen LogP contribution in [0, 0.1) is 6.92 Å². The van der Waals surface area contributed by atoms with Crippen LogP contribution in [0.2, 0.25) is 0 Å². The van der Waals surface area contributed by atoms with Gasteiger partial charge in [0, 0.05) is 0 Å². The standard InChI is InChI=1S/C10H13BrO3/c1-7-2-3-10(9(11)4-7)14-6-8(13)5-12/h2-4,8,12-13H,5-6H2,1H3. The molecule has 0 spiro atoms. The summed E-state index contributed by atoms with van der Waals surface area (Å²) < 4.78 is 6.14. The lowest BCUT2D eigenvalue weighted by molar-refractivity contribution is 0.0533. The molecule has 1 unspecified atom stereocenters.